The lowest BCUT2D eigenvalue weighted by atomic mass is 9.92. The Balaban J connectivity index is 1.78. The molecule has 5 heteroatoms. The van der Waals surface area contributed by atoms with Gasteiger partial charge in [-0.15, -0.1) is 0 Å². The van der Waals surface area contributed by atoms with Crippen LogP contribution in [-0.4, -0.2) is 58.9 Å². The molecule has 4 atom stereocenters. The summed E-state index contributed by atoms with van der Waals surface area (Å²) in [6.07, 6.45) is 5.28. The van der Waals surface area contributed by atoms with Gasteiger partial charge in [-0.3, -0.25) is 9.59 Å². The van der Waals surface area contributed by atoms with Gasteiger partial charge in [0.1, 0.15) is 12.1 Å². The van der Waals surface area contributed by atoms with E-state index in [0.717, 1.165) is 19.4 Å². The van der Waals surface area contributed by atoms with E-state index in [-0.39, 0.29) is 29.9 Å². The number of carbonyl (C=O) groups is 2. The SMILES string of the molecule is CCC1C(=O)NC(C)C(=O)N1C1CCN2CCCC2C1. The van der Waals surface area contributed by atoms with Crippen LogP contribution in [0.15, 0.2) is 0 Å². The van der Waals surface area contributed by atoms with Crippen molar-refractivity contribution in [1.29, 1.82) is 0 Å². The summed E-state index contributed by atoms with van der Waals surface area (Å²) < 4.78 is 0. The highest BCUT2D eigenvalue weighted by Crippen LogP contribution is 2.31. The largest absolute Gasteiger partial charge is 0.343 e. The third kappa shape index (κ3) is 2.22. The number of rotatable bonds is 2. The minimum Gasteiger partial charge on any atom is -0.343 e. The molecule has 2 amide bonds. The molecule has 0 aromatic carbocycles. The van der Waals surface area contributed by atoms with Crippen LogP contribution in [0.3, 0.4) is 0 Å². The van der Waals surface area contributed by atoms with Crippen LogP contribution in [-0.2, 0) is 9.59 Å². The quantitative estimate of drug-likeness (QED) is 0.811. The van der Waals surface area contributed by atoms with Gasteiger partial charge in [-0.25, -0.2) is 0 Å². The monoisotopic (exact) mass is 279 g/mol. The Bertz CT molecular complexity index is 412. The summed E-state index contributed by atoms with van der Waals surface area (Å²) in [5.41, 5.74) is 0. The zero-order chi connectivity index (χ0) is 14.3. The fraction of sp³-hybridized carbons (Fsp3) is 0.867. The molecule has 1 N–H and O–H groups in total. The first-order chi connectivity index (χ1) is 9.61. The number of hydrogen-bond donors (Lipinski definition) is 1. The van der Waals surface area contributed by atoms with Crippen molar-refractivity contribution in [2.75, 3.05) is 13.1 Å². The van der Waals surface area contributed by atoms with E-state index in [1.54, 1.807) is 6.92 Å². The molecule has 3 aliphatic rings. The van der Waals surface area contributed by atoms with Crippen LogP contribution in [0.2, 0.25) is 0 Å². The van der Waals surface area contributed by atoms with E-state index in [9.17, 15) is 9.59 Å². The van der Waals surface area contributed by atoms with Crippen molar-refractivity contribution >= 4 is 11.8 Å². The van der Waals surface area contributed by atoms with Gasteiger partial charge in [-0.2, -0.15) is 0 Å². The fourth-order valence-corrected chi connectivity index (χ4v) is 4.15. The molecule has 0 aromatic rings. The topological polar surface area (TPSA) is 52.7 Å². The lowest BCUT2D eigenvalue weighted by Crippen LogP contribution is -2.66. The standard InChI is InChI=1S/C15H25N3O2/c1-3-13-14(19)16-10(2)15(20)18(13)12-6-8-17-7-4-5-11(17)9-12/h10-13H,3-9H2,1-2H3,(H,16,19). The summed E-state index contributed by atoms with van der Waals surface area (Å²) in [4.78, 5) is 29.1. The number of nitrogens with one attached hydrogen (secondary N) is 1. The Morgan fingerprint density at radius 3 is 2.75 bits per heavy atom. The molecule has 0 aliphatic carbocycles. The first-order valence-electron chi connectivity index (χ1n) is 7.98. The summed E-state index contributed by atoms with van der Waals surface area (Å²) in [5.74, 6) is 0.126. The molecule has 3 saturated heterocycles. The molecule has 0 spiro atoms. The Kier molecular flexibility index (Phi) is 3.71. The number of fused-ring (bicyclic) bond motifs is 1. The zero-order valence-corrected chi connectivity index (χ0v) is 12.5. The van der Waals surface area contributed by atoms with Gasteiger partial charge in [0.15, 0.2) is 0 Å². The highest BCUT2D eigenvalue weighted by Gasteiger charge is 2.44. The van der Waals surface area contributed by atoms with Crippen LogP contribution >= 0.6 is 0 Å². The molecule has 20 heavy (non-hydrogen) atoms. The van der Waals surface area contributed by atoms with Gasteiger partial charge in [-0.1, -0.05) is 6.92 Å². The van der Waals surface area contributed by atoms with Crippen molar-refractivity contribution < 1.29 is 9.59 Å². The van der Waals surface area contributed by atoms with Crippen LogP contribution in [0.4, 0.5) is 0 Å². The molecule has 5 nitrogen and oxygen atoms in total. The van der Waals surface area contributed by atoms with E-state index < -0.39 is 0 Å². The number of carbonyl (C=O) groups excluding carboxylic acids is 2. The highest BCUT2D eigenvalue weighted by atomic mass is 16.2. The number of piperazine rings is 1. The molecular weight excluding hydrogens is 254 g/mol. The number of nitrogens with zero attached hydrogens (tertiary/aromatic N) is 2. The lowest BCUT2D eigenvalue weighted by molar-refractivity contribution is -0.153. The predicted molar refractivity (Wildman–Crippen MR) is 76.1 cm³/mol. The minimum absolute atomic E-state index is 0.0217. The van der Waals surface area contributed by atoms with Gasteiger partial charge in [-0.05, 0) is 45.6 Å². The Labute approximate surface area is 120 Å². The van der Waals surface area contributed by atoms with Crippen molar-refractivity contribution in [3.8, 4) is 0 Å². The Morgan fingerprint density at radius 2 is 2.00 bits per heavy atom. The maximum atomic E-state index is 12.5. The van der Waals surface area contributed by atoms with Gasteiger partial charge in [0.25, 0.3) is 0 Å². The van der Waals surface area contributed by atoms with Gasteiger partial charge in [0, 0.05) is 18.6 Å². The van der Waals surface area contributed by atoms with Crippen LogP contribution in [0, 0.1) is 0 Å². The summed E-state index contributed by atoms with van der Waals surface area (Å²) in [6.45, 7) is 6.07. The fourth-order valence-electron chi connectivity index (χ4n) is 4.15. The Hall–Kier alpha value is -1.10. The van der Waals surface area contributed by atoms with Crippen LogP contribution in [0.5, 0.6) is 0 Å². The average molecular weight is 279 g/mol. The summed E-state index contributed by atoms with van der Waals surface area (Å²) in [5, 5.41) is 2.80. The van der Waals surface area contributed by atoms with E-state index in [0.29, 0.717) is 12.5 Å². The van der Waals surface area contributed by atoms with E-state index >= 15 is 0 Å². The maximum absolute atomic E-state index is 12.5. The van der Waals surface area contributed by atoms with Crippen molar-refractivity contribution in [2.24, 2.45) is 0 Å². The van der Waals surface area contributed by atoms with E-state index in [1.807, 2.05) is 11.8 Å². The van der Waals surface area contributed by atoms with E-state index in [4.69, 9.17) is 0 Å². The minimum atomic E-state index is -0.369. The van der Waals surface area contributed by atoms with Crippen molar-refractivity contribution in [1.82, 2.24) is 15.1 Å². The third-order valence-corrected chi connectivity index (χ3v) is 5.19. The second-order valence-electron chi connectivity index (χ2n) is 6.41. The molecule has 0 radical (unpaired) electrons. The Morgan fingerprint density at radius 1 is 1.20 bits per heavy atom. The van der Waals surface area contributed by atoms with Gasteiger partial charge < -0.3 is 15.1 Å². The van der Waals surface area contributed by atoms with Crippen LogP contribution in [0.1, 0.15) is 46.0 Å². The molecule has 0 aromatic heterocycles. The summed E-state index contributed by atoms with van der Waals surface area (Å²) in [6, 6.07) is 0.239. The molecular formula is C15H25N3O2. The van der Waals surface area contributed by atoms with Gasteiger partial charge in [0.05, 0.1) is 0 Å². The van der Waals surface area contributed by atoms with Crippen LogP contribution in [0.25, 0.3) is 0 Å². The summed E-state index contributed by atoms with van der Waals surface area (Å²) in [7, 11) is 0. The average Bonchev–Trinajstić information content (AvgIpc) is 2.89. The first-order valence-corrected chi connectivity index (χ1v) is 7.98. The third-order valence-electron chi connectivity index (χ3n) is 5.19. The smallest absolute Gasteiger partial charge is 0.245 e. The van der Waals surface area contributed by atoms with Crippen LogP contribution < -0.4 is 5.32 Å². The number of hydrogen-bond acceptors (Lipinski definition) is 3. The summed E-state index contributed by atoms with van der Waals surface area (Å²) >= 11 is 0. The van der Waals surface area contributed by atoms with Crippen molar-refractivity contribution in [3.05, 3.63) is 0 Å². The molecule has 3 aliphatic heterocycles. The second kappa shape index (κ2) is 5.35. The predicted octanol–water partition coefficient (Wildman–Crippen LogP) is 0.739. The maximum Gasteiger partial charge on any atom is 0.245 e. The van der Waals surface area contributed by atoms with Gasteiger partial charge >= 0.3 is 0 Å². The number of amides is 2. The number of piperidine rings is 1. The molecule has 3 heterocycles. The highest BCUT2D eigenvalue weighted by molar-refractivity contribution is 5.96. The molecule has 3 rings (SSSR count). The molecule has 4 unspecified atom stereocenters. The normalized spacial score (nSPS) is 38.8. The zero-order valence-electron chi connectivity index (χ0n) is 12.5. The first kappa shape index (κ1) is 13.9. The van der Waals surface area contributed by atoms with Crippen molar-refractivity contribution in [3.63, 3.8) is 0 Å². The van der Waals surface area contributed by atoms with Crippen molar-refractivity contribution in [2.45, 2.75) is 70.1 Å². The molecule has 3 fully saturated rings. The van der Waals surface area contributed by atoms with Gasteiger partial charge in [0.2, 0.25) is 11.8 Å². The lowest BCUT2D eigenvalue weighted by Gasteiger charge is -2.46. The van der Waals surface area contributed by atoms with E-state index in [1.165, 1.54) is 19.4 Å². The molecule has 0 saturated carbocycles. The molecule has 0 bridgehead atoms. The van der Waals surface area contributed by atoms with E-state index in [2.05, 4.69) is 10.2 Å². The molecule has 112 valence electrons. The second-order valence-corrected chi connectivity index (χ2v) is 6.41.